The monoisotopic (exact) mass is 276 g/mol. The molecule has 0 N–H and O–H groups in total. The first-order chi connectivity index (χ1) is 7.86. The number of rotatable bonds is 7. The summed E-state index contributed by atoms with van der Waals surface area (Å²) in [5, 5.41) is 0. The average molecular weight is 276 g/mol. The van der Waals surface area contributed by atoms with Crippen LogP contribution in [0.4, 0.5) is 0 Å². The van der Waals surface area contributed by atoms with Crippen molar-refractivity contribution in [3.63, 3.8) is 0 Å². The fourth-order valence-corrected chi connectivity index (χ4v) is 4.39. The van der Waals surface area contributed by atoms with E-state index in [1.54, 1.807) is 0 Å². The molecule has 0 aromatic rings. The molecule has 0 fully saturated rings. The second kappa shape index (κ2) is 6.18. The van der Waals surface area contributed by atoms with Gasteiger partial charge in [0.2, 0.25) is 0 Å². The molecule has 0 bridgehead atoms. The van der Waals surface area contributed by atoms with Gasteiger partial charge in [0.15, 0.2) is 0 Å². The van der Waals surface area contributed by atoms with Gasteiger partial charge in [-0.3, -0.25) is 4.79 Å². The van der Waals surface area contributed by atoms with Crippen LogP contribution in [-0.4, -0.2) is 26.2 Å². The molecule has 3 nitrogen and oxygen atoms in total. The number of hydrogen-bond donors (Lipinski definition) is 0. The minimum absolute atomic E-state index is 0.0174. The van der Waals surface area contributed by atoms with Crippen molar-refractivity contribution in [2.75, 3.05) is 12.0 Å². The third kappa shape index (κ3) is 6.53. The summed E-state index contributed by atoms with van der Waals surface area (Å²) in [7, 11) is -3.05. The van der Waals surface area contributed by atoms with Crippen molar-refractivity contribution in [1.29, 1.82) is 0 Å². The van der Waals surface area contributed by atoms with E-state index in [1.165, 1.54) is 6.26 Å². The molecular formula is C14H28O3S. The van der Waals surface area contributed by atoms with Crippen LogP contribution in [-0.2, 0) is 14.6 Å². The van der Waals surface area contributed by atoms with Gasteiger partial charge in [-0.15, -0.1) is 0 Å². The van der Waals surface area contributed by atoms with E-state index >= 15 is 0 Å². The first kappa shape index (κ1) is 17.6. The topological polar surface area (TPSA) is 51.2 Å². The van der Waals surface area contributed by atoms with Crippen LogP contribution in [0.15, 0.2) is 0 Å². The molecule has 0 aliphatic rings. The fraction of sp³-hybridized carbons (Fsp3) is 0.929. The van der Waals surface area contributed by atoms with E-state index in [9.17, 15) is 13.2 Å². The molecule has 0 spiro atoms. The molecule has 0 atom stereocenters. The van der Waals surface area contributed by atoms with E-state index in [0.717, 1.165) is 0 Å². The van der Waals surface area contributed by atoms with Gasteiger partial charge < -0.3 is 0 Å². The summed E-state index contributed by atoms with van der Waals surface area (Å²) in [6, 6.07) is 0. The molecule has 0 rings (SSSR count). The van der Waals surface area contributed by atoms with Gasteiger partial charge in [-0.25, -0.2) is 8.42 Å². The van der Waals surface area contributed by atoms with Crippen molar-refractivity contribution < 1.29 is 13.2 Å². The summed E-state index contributed by atoms with van der Waals surface area (Å²) in [5.74, 6) is 0.866. The lowest BCUT2D eigenvalue weighted by Crippen LogP contribution is -2.32. The molecule has 0 heterocycles. The Hall–Kier alpha value is -0.380. The van der Waals surface area contributed by atoms with Crippen LogP contribution in [0.5, 0.6) is 0 Å². The summed E-state index contributed by atoms with van der Waals surface area (Å²) in [5.41, 5.74) is -0.479. The molecular weight excluding hydrogens is 248 g/mol. The Balaban J connectivity index is 4.83. The van der Waals surface area contributed by atoms with Gasteiger partial charge in [-0.2, -0.15) is 0 Å². The van der Waals surface area contributed by atoms with Gasteiger partial charge in [-0.1, -0.05) is 41.5 Å². The predicted molar refractivity (Wildman–Crippen MR) is 76.3 cm³/mol. The Morgan fingerprint density at radius 1 is 1.06 bits per heavy atom. The number of carbonyl (C=O) groups is 1. The second-order valence-corrected chi connectivity index (χ2v) is 9.03. The summed E-state index contributed by atoms with van der Waals surface area (Å²) < 4.78 is 22.7. The van der Waals surface area contributed by atoms with Crippen LogP contribution in [0.3, 0.4) is 0 Å². The Kier molecular flexibility index (Phi) is 6.05. The molecule has 0 saturated carbocycles. The highest BCUT2D eigenvalue weighted by atomic mass is 32.2. The van der Waals surface area contributed by atoms with Crippen LogP contribution in [0.1, 0.15) is 48.0 Å². The van der Waals surface area contributed by atoms with E-state index in [2.05, 4.69) is 0 Å². The smallest absolute Gasteiger partial charge is 0.147 e. The summed E-state index contributed by atoms with van der Waals surface area (Å²) in [6.07, 6.45) is 1.56. The molecule has 0 saturated heterocycles. The molecule has 0 aromatic carbocycles. The average Bonchev–Trinajstić information content (AvgIpc) is 1.93. The predicted octanol–water partition coefficient (Wildman–Crippen LogP) is 2.94. The zero-order valence-corrected chi connectivity index (χ0v) is 13.6. The molecule has 0 radical (unpaired) electrons. The number of carbonyl (C=O) groups excluding carboxylic acids is 1. The fourth-order valence-electron chi connectivity index (χ4n) is 2.86. The SMILES string of the molecule is CC(C)C(C(=O)CC(C)(C)CS(C)(=O)=O)C(C)C. The van der Waals surface area contributed by atoms with Crippen molar-refractivity contribution in [1.82, 2.24) is 0 Å². The Morgan fingerprint density at radius 2 is 1.44 bits per heavy atom. The molecule has 4 heteroatoms. The summed E-state index contributed by atoms with van der Waals surface area (Å²) in [6.45, 7) is 11.9. The molecule has 0 aliphatic heterocycles. The van der Waals surface area contributed by atoms with Crippen LogP contribution in [0.25, 0.3) is 0 Å². The van der Waals surface area contributed by atoms with Gasteiger partial charge in [0, 0.05) is 18.6 Å². The number of Topliss-reactive ketones (excluding diaryl/α,β-unsaturated/α-hetero) is 1. The van der Waals surface area contributed by atoms with E-state index in [-0.39, 0.29) is 17.5 Å². The van der Waals surface area contributed by atoms with Crippen molar-refractivity contribution in [2.45, 2.75) is 48.0 Å². The normalized spacial score (nSPS) is 13.7. The second-order valence-electron chi connectivity index (χ2n) is 6.89. The number of hydrogen-bond acceptors (Lipinski definition) is 3. The van der Waals surface area contributed by atoms with Gasteiger partial charge in [0.1, 0.15) is 15.6 Å². The molecule has 108 valence electrons. The van der Waals surface area contributed by atoms with Crippen molar-refractivity contribution in [2.24, 2.45) is 23.2 Å². The largest absolute Gasteiger partial charge is 0.299 e. The van der Waals surface area contributed by atoms with Gasteiger partial charge >= 0.3 is 0 Å². The lowest BCUT2D eigenvalue weighted by molar-refractivity contribution is -0.127. The minimum atomic E-state index is -3.05. The van der Waals surface area contributed by atoms with Gasteiger partial charge in [-0.05, 0) is 17.3 Å². The van der Waals surface area contributed by atoms with Crippen molar-refractivity contribution in [3.8, 4) is 0 Å². The minimum Gasteiger partial charge on any atom is -0.299 e. The Morgan fingerprint density at radius 3 is 1.72 bits per heavy atom. The lowest BCUT2D eigenvalue weighted by Gasteiger charge is -2.29. The molecule has 0 unspecified atom stereocenters. The van der Waals surface area contributed by atoms with Crippen LogP contribution >= 0.6 is 0 Å². The third-order valence-electron chi connectivity index (χ3n) is 3.11. The number of ketones is 1. The lowest BCUT2D eigenvalue weighted by atomic mass is 9.76. The maximum Gasteiger partial charge on any atom is 0.147 e. The Labute approximate surface area is 112 Å². The van der Waals surface area contributed by atoms with E-state index < -0.39 is 15.3 Å². The maximum absolute atomic E-state index is 12.3. The molecule has 0 aliphatic carbocycles. The summed E-state index contributed by atoms with van der Waals surface area (Å²) in [4.78, 5) is 12.3. The highest BCUT2D eigenvalue weighted by molar-refractivity contribution is 7.90. The van der Waals surface area contributed by atoms with Crippen LogP contribution in [0, 0.1) is 23.2 Å². The molecule has 18 heavy (non-hydrogen) atoms. The Bertz CT molecular complexity index is 370. The highest BCUT2D eigenvalue weighted by Crippen LogP contribution is 2.30. The molecule has 0 aromatic heterocycles. The quantitative estimate of drug-likeness (QED) is 0.718. The maximum atomic E-state index is 12.3. The van der Waals surface area contributed by atoms with Gasteiger partial charge in [0.25, 0.3) is 0 Å². The third-order valence-corrected chi connectivity index (χ3v) is 4.42. The zero-order chi connectivity index (χ0) is 14.7. The number of sulfone groups is 1. The first-order valence-electron chi connectivity index (χ1n) is 6.56. The van der Waals surface area contributed by atoms with Crippen LogP contribution < -0.4 is 0 Å². The van der Waals surface area contributed by atoms with Crippen LogP contribution in [0.2, 0.25) is 0 Å². The zero-order valence-electron chi connectivity index (χ0n) is 12.8. The van der Waals surface area contributed by atoms with Crippen molar-refractivity contribution in [3.05, 3.63) is 0 Å². The van der Waals surface area contributed by atoms with Crippen molar-refractivity contribution >= 4 is 15.6 Å². The standard InChI is InChI=1S/C14H28O3S/c1-10(2)13(11(3)4)12(15)8-14(5,6)9-18(7,16)17/h10-11,13H,8-9H2,1-7H3. The van der Waals surface area contributed by atoms with E-state index in [0.29, 0.717) is 18.3 Å². The summed E-state index contributed by atoms with van der Waals surface area (Å²) >= 11 is 0. The van der Waals surface area contributed by atoms with E-state index in [1.807, 2.05) is 41.5 Å². The van der Waals surface area contributed by atoms with Gasteiger partial charge in [0.05, 0.1) is 5.75 Å². The van der Waals surface area contributed by atoms with E-state index in [4.69, 9.17) is 0 Å². The first-order valence-corrected chi connectivity index (χ1v) is 8.62. The highest BCUT2D eigenvalue weighted by Gasteiger charge is 2.32. The molecule has 0 amide bonds.